The molecule has 0 unspecified atom stereocenters. The number of benzene rings is 2. The van der Waals surface area contributed by atoms with Crippen LogP contribution in [0.1, 0.15) is 10.4 Å². The molecule has 2 heterocycles. The molecule has 1 amide bonds. The molecule has 6 heteroatoms. The van der Waals surface area contributed by atoms with Gasteiger partial charge in [0.2, 0.25) is 0 Å². The minimum absolute atomic E-state index is 0.0851. The lowest BCUT2D eigenvalue weighted by Gasteiger charge is -2.08. The molecule has 0 radical (unpaired) electrons. The molecular weight excluding hydrogens is 326 g/mol. The number of hydrogen-bond acceptors (Lipinski definition) is 3. The second kappa shape index (κ2) is 7.14. The predicted molar refractivity (Wildman–Crippen MR) is 103 cm³/mol. The molecule has 0 saturated heterocycles. The molecule has 0 aliphatic heterocycles. The van der Waals surface area contributed by atoms with Gasteiger partial charge in [0.1, 0.15) is 5.69 Å². The van der Waals surface area contributed by atoms with E-state index < -0.39 is 0 Å². The molecule has 0 atom stereocenters. The SMILES string of the molecule is O=C(NCCNc1ccccc1)c1cccc2[nH]c(-c3cc[nH]n3)cc12. The highest BCUT2D eigenvalue weighted by molar-refractivity contribution is 6.07. The van der Waals surface area contributed by atoms with Crippen molar-refractivity contribution in [1.82, 2.24) is 20.5 Å². The van der Waals surface area contributed by atoms with E-state index in [0.717, 1.165) is 28.0 Å². The third-order valence-corrected chi connectivity index (χ3v) is 4.20. The van der Waals surface area contributed by atoms with Crippen molar-refractivity contribution >= 4 is 22.5 Å². The van der Waals surface area contributed by atoms with E-state index in [1.54, 1.807) is 6.20 Å². The fraction of sp³-hybridized carbons (Fsp3) is 0.100. The van der Waals surface area contributed by atoms with Crippen molar-refractivity contribution in [1.29, 1.82) is 0 Å². The van der Waals surface area contributed by atoms with Crippen molar-refractivity contribution in [2.75, 3.05) is 18.4 Å². The molecule has 0 aliphatic carbocycles. The average molecular weight is 345 g/mol. The molecule has 130 valence electrons. The fourth-order valence-electron chi connectivity index (χ4n) is 2.94. The number of nitrogens with zero attached hydrogens (tertiary/aromatic N) is 1. The van der Waals surface area contributed by atoms with Crippen LogP contribution in [0.15, 0.2) is 66.9 Å². The zero-order chi connectivity index (χ0) is 17.8. The first-order valence-corrected chi connectivity index (χ1v) is 8.50. The first-order valence-electron chi connectivity index (χ1n) is 8.50. The number of nitrogens with one attached hydrogen (secondary N) is 4. The standard InChI is InChI=1S/C20H19N5O/c26-20(22-12-11-21-14-5-2-1-3-6-14)15-7-4-8-17-16(15)13-19(24-17)18-9-10-23-25-18/h1-10,13,21,24H,11-12H2,(H,22,26)(H,23,25). The molecule has 0 fully saturated rings. The van der Waals surface area contributed by atoms with Gasteiger partial charge in [0.15, 0.2) is 0 Å². The number of anilines is 1. The summed E-state index contributed by atoms with van der Waals surface area (Å²) in [5.41, 5.74) is 4.31. The van der Waals surface area contributed by atoms with Gasteiger partial charge in [-0.1, -0.05) is 24.3 Å². The van der Waals surface area contributed by atoms with Gasteiger partial charge in [0, 0.05) is 41.4 Å². The summed E-state index contributed by atoms with van der Waals surface area (Å²) >= 11 is 0. The highest BCUT2D eigenvalue weighted by Crippen LogP contribution is 2.25. The Morgan fingerprint density at radius 2 is 1.88 bits per heavy atom. The number of carbonyl (C=O) groups is 1. The van der Waals surface area contributed by atoms with Crippen LogP contribution in [-0.4, -0.2) is 34.2 Å². The number of rotatable bonds is 6. The van der Waals surface area contributed by atoms with Gasteiger partial charge < -0.3 is 15.6 Å². The van der Waals surface area contributed by atoms with Crippen molar-refractivity contribution in [3.8, 4) is 11.4 Å². The Morgan fingerprint density at radius 1 is 1.00 bits per heavy atom. The van der Waals surface area contributed by atoms with Crippen LogP contribution in [0.3, 0.4) is 0 Å². The number of aromatic amines is 2. The van der Waals surface area contributed by atoms with Crippen LogP contribution in [0.25, 0.3) is 22.3 Å². The molecule has 2 aromatic heterocycles. The molecule has 0 aliphatic rings. The highest BCUT2D eigenvalue weighted by atomic mass is 16.1. The number of hydrogen-bond donors (Lipinski definition) is 4. The van der Waals surface area contributed by atoms with Crippen LogP contribution in [0.4, 0.5) is 5.69 Å². The van der Waals surface area contributed by atoms with E-state index in [1.807, 2.05) is 60.7 Å². The molecule has 26 heavy (non-hydrogen) atoms. The minimum Gasteiger partial charge on any atom is -0.383 e. The van der Waals surface area contributed by atoms with Crippen LogP contribution in [0.2, 0.25) is 0 Å². The summed E-state index contributed by atoms with van der Waals surface area (Å²) in [6.45, 7) is 1.21. The van der Waals surface area contributed by atoms with Gasteiger partial charge in [0.25, 0.3) is 5.91 Å². The average Bonchev–Trinajstić information content (AvgIpc) is 3.34. The van der Waals surface area contributed by atoms with E-state index in [0.29, 0.717) is 18.7 Å². The quantitative estimate of drug-likeness (QED) is 0.404. The lowest BCUT2D eigenvalue weighted by Crippen LogP contribution is -2.28. The number of H-pyrrole nitrogens is 2. The summed E-state index contributed by atoms with van der Waals surface area (Å²) < 4.78 is 0. The largest absolute Gasteiger partial charge is 0.383 e. The zero-order valence-corrected chi connectivity index (χ0v) is 14.1. The minimum atomic E-state index is -0.0851. The van der Waals surface area contributed by atoms with Crippen LogP contribution in [-0.2, 0) is 0 Å². The maximum atomic E-state index is 12.6. The monoisotopic (exact) mass is 345 g/mol. The van der Waals surface area contributed by atoms with Gasteiger partial charge >= 0.3 is 0 Å². The van der Waals surface area contributed by atoms with E-state index in [1.165, 1.54) is 0 Å². The van der Waals surface area contributed by atoms with Gasteiger partial charge in [-0.25, -0.2) is 0 Å². The number of para-hydroxylation sites is 1. The molecule has 4 N–H and O–H groups in total. The summed E-state index contributed by atoms with van der Waals surface area (Å²) in [5.74, 6) is -0.0851. The molecule has 0 bridgehead atoms. The summed E-state index contributed by atoms with van der Waals surface area (Å²) in [5, 5.41) is 14.1. The van der Waals surface area contributed by atoms with Crippen LogP contribution >= 0.6 is 0 Å². The highest BCUT2D eigenvalue weighted by Gasteiger charge is 2.13. The Kier molecular flexibility index (Phi) is 4.38. The molecule has 0 spiro atoms. The summed E-state index contributed by atoms with van der Waals surface area (Å²) in [6, 6.07) is 19.4. The lowest BCUT2D eigenvalue weighted by atomic mass is 10.1. The van der Waals surface area contributed by atoms with Crippen LogP contribution in [0.5, 0.6) is 0 Å². The van der Waals surface area contributed by atoms with Crippen molar-refractivity contribution in [2.45, 2.75) is 0 Å². The Labute approximate surface area is 150 Å². The summed E-state index contributed by atoms with van der Waals surface area (Å²) in [7, 11) is 0. The van der Waals surface area contributed by atoms with Gasteiger partial charge in [-0.05, 0) is 36.4 Å². The van der Waals surface area contributed by atoms with Crippen molar-refractivity contribution in [3.05, 3.63) is 72.4 Å². The second-order valence-corrected chi connectivity index (χ2v) is 5.96. The van der Waals surface area contributed by atoms with Gasteiger partial charge in [-0.2, -0.15) is 5.10 Å². The fourth-order valence-corrected chi connectivity index (χ4v) is 2.94. The molecule has 6 nitrogen and oxygen atoms in total. The molecular formula is C20H19N5O. The van der Waals surface area contributed by atoms with E-state index >= 15 is 0 Å². The lowest BCUT2D eigenvalue weighted by molar-refractivity contribution is 0.0957. The topological polar surface area (TPSA) is 85.6 Å². The van der Waals surface area contributed by atoms with Crippen molar-refractivity contribution < 1.29 is 4.79 Å². The Morgan fingerprint density at radius 3 is 2.69 bits per heavy atom. The van der Waals surface area contributed by atoms with E-state index in [9.17, 15) is 4.79 Å². The number of aromatic nitrogens is 3. The predicted octanol–water partition coefficient (Wildman–Crippen LogP) is 3.40. The van der Waals surface area contributed by atoms with Crippen LogP contribution < -0.4 is 10.6 Å². The molecule has 4 aromatic rings. The van der Waals surface area contributed by atoms with Gasteiger partial charge in [-0.15, -0.1) is 0 Å². The van der Waals surface area contributed by atoms with Crippen molar-refractivity contribution in [2.24, 2.45) is 0 Å². The maximum absolute atomic E-state index is 12.6. The van der Waals surface area contributed by atoms with Crippen LogP contribution in [0, 0.1) is 0 Å². The number of amides is 1. The van der Waals surface area contributed by atoms with E-state index in [4.69, 9.17) is 0 Å². The summed E-state index contributed by atoms with van der Waals surface area (Å²) in [4.78, 5) is 15.9. The number of carbonyl (C=O) groups excluding carboxylic acids is 1. The third-order valence-electron chi connectivity index (χ3n) is 4.20. The third kappa shape index (κ3) is 3.30. The molecule has 4 rings (SSSR count). The van der Waals surface area contributed by atoms with Gasteiger partial charge in [-0.3, -0.25) is 9.89 Å². The Bertz CT molecular complexity index is 1010. The molecule has 2 aromatic carbocycles. The Hall–Kier alpha value is -3.54. The first-order chi connectivity index (χ1) is 12.8. The second-order valence-electron chi connectivity index (χ2n) is 5.96. The zero-order valence-electron chi connectivity index (χ0n) is 14.1. The molecule has 0 saturated carbocycles. The Balaban J connectivity index is 1.45. The van der Waals surface area contributed by atoms with E-state index in [-0.39, 0.29) is 5.91 Å². The smallest absolute Gasteiger partial charge is 0.252 e. The first kappa shape index (κ1) is 16.0. The van der Waals surface area contributed by atoms with Gasteiger partial charge in [0.05, 0.1) is 5.69 Å². The maximum Gasteiger partial charge on any atom is 0.252 e. The van der Waals surface area contributed by atoms with E-state index in [2.05, 4.69) is 25.8 Å². The van der Waals surface area contributed by atoms with Crippen molar-refractivity contribution in [3.63, 3.8) is 0 Å². The summed E-state index contributed by atoms with van der Waals surface area (Å²) in [6.07, 6.45) is 1.77. The number of fused-ring (bicyclic) bond motifs is 1. The normalized spacial score (nSPS) is 10.8.